The summed E-state index contributed by atoms with van der Waals surface area (Å²) in [6.07, 6.45) is 0.304. The standard InChI is InChI=1S/C19H29N3O4/c1-16(23)22(15-17-3-5-18(25-2)6-4-17)9-7-19(24)20-8-10-21-11-13-26-14-12-21/h3-6H,7-15H2,1-2H3,(H,20,24). The van der Waals surface area contributed by atoms with Crippen LogP contribution in [0.5, 0.6) is 5.75 Å². The number of ether oxygens (including phenoxy) is 2. The van der Waals surface area contributed by atoms with Crippen molar-refractivity contribution in [3.05, 3.63) is 29.8 Å². The van der Waals surface area contributed by atoms with Gasteiger partial charge in [-0.05, 0) is 17.7 Å². The van der Waals surface area contributed by atoms with Gasteiger partial charge in [0.2, 0.25) is 11.8 Å². The lowest BCUT2D eigenvalue weighted by Crippen LogP contribution is -2.41. The van der Waals surface area contributed by atoms with Crippen LogP contribution < -0.4 is 10.1 Å². The van der Waals surface area contributed by atoms with E-state index < -0.39 is 0 Å². The van der Waals surface area contributed by atoms with Gasteiger partial charge in [0.25, 0.3) is 0 Å². The molecule has 1 aliphatic rings. The molecule has 1 N–H and O–H groups in total. The Morgan fingerprint density at radius 2 is 1.92 bits per heavy atom. The van der Waals surface area contributed by atoms with Crippen LogP contribution in [0.15, 0.2) is 24.3 Å². The molecule has 0 aliphatic carbocycles. The van der Waals surface area contributed by atoms with Gasteiger partial charge in [-0.25, -0.2) is 0 Å². The Morgan fingerprint density at radius 1 is 1.23 bits per heavy atom. The van der Waals surface area contributed by atoms with Gasteiger partial charge in [-0.2, -0.15) is 0 Å². The molecular weight excluding hydrogens is 334 g/mol. The van der Waals surface area contributed by atoms with Gasteiger partial charge in [-0.3, -0.25) is 14.5 Å². The average molecular weight is 363 g/mol. The summed E-state index contributed by atoms with van der Waals surface area (Å²) in [5, 5.41) is 2.93. The van der Waals surface area contributed by atoms with Crippen molar-refractivity contribution in [1.29, 1.82) is 0 Å². The minimum Gasteiger partial charge on any atom is -0.497 e. The van der Waals surface area contributed by atoms with Gasteiger partial charge in [0.1, 0.15) is 5.75 Å². The predicted molar refractivity (Wildman–Crippen MR) is 99.0 cm³/mol. The van der Waals surface area contributed by atoms with Crippen LogP contribution in [0, 0.1) is 0 Å². The van der Waals surface area contributed by atoms with Crippen LogP contribution in [-0.4, -0.2) is 74.7 Å². The van der Waals surface area contributed by atoms with Gasteiger partial charge >= 0.3 is 0 Å². The van der Waals surface area contributed by atoms with Crippen molar-refractivity contribution in [2.45, 2.75) is 19.9 Å². The van der Waals surface area contributed by atoms with Crippen LogP contribution in [0.3, 0.4) is 0 Å². The van der Waals surface area contributed by atoms with Crippen LogP contribution in [0.4, 0.5) is 0 Å². The molecule has 2 rings (SSSR count). The first-order valence-corrected chi connectivity index (χ1v) is 9.03. The fraction of sp³-hybridized carbons (Fsp3) is 0.579. The summed E-state index contributed by atoms with van der Waals surface area (Å²) in [5.41, 5.74) is 1.01. The van der Waals surface area contributed by atoms with Crippen LogP contribution in [-0.2, 0) is 20.9 Å². The molecule has 1 aromatic carbocycles. The van der Waals surface area contributed by atoms with Crippen LogP contribution >= 0.6 is 0 Å². The maximum atomic E-state index is 12.0. The molecule has 0 aromatic heterocycles. The third-order valence-electron chi connectivity index (χ3n) is 4.44. The Labute approximate surface area is 155 Å². The van der Waals surface area contributed by atoms with Crippen molar-refractivity contribution >= 4 is 11.8 Å². The smallest absolute Gasteiger partial charge is 0.221 e. The fourth-order valence-electron chi connectivity index (χ4n) is 2.80. The van der Waals surface area contributed by atoms with Crippen molar-refractivity contribution < 1.29 is 19.1 Å². The van der Waals surface area contributed by atoms with E-state index in [1.54, 1.807) is 12.0 Å². The Bertz CT molecular complexity index is 571. The van der Waals surface area contributed by atoms with Crippen molar-refractivity contribution in [2.24, 2.45) is 0 Å². The Hall–Kier alpha value is -2.12. The van der Waals surface area contributed by atoms with E-state index in [0.717, 1.165) is 44.2 Å². The van der Waals surface area contributed by atoms with Crippen molar-refractivity contribution in [3.8, 4) is 5.75 Å². The molecule has 7 nitrogen and oxygen atoms in total. The number of nitrogens with zero attached hydrogens (tertiary/aromatic N) is 2. The van der Waals surface area contributed by atoms with E-state index in [4.69, 9.17) is 9.47 Å². The molecule has 26 heavy (non-hydrogen) atoms. The summed E-state index contributed by atoms with van der Waals surface area (Å²) in [7, 11) is 1.62. The zero-order valence-electron chi connectivity index (χ0n) is 15.7. The number of nitrogens with one attached hydrogen (secondary N) is 1. The van der Waals surface area contributed by atoms with Crippen LogP contribution in [0.25, 0.3) is 0 Å². The minimum absolute atomic E-state index is 0.0285. The summed E-state index contributed by atoms with van der Waals surface area (Å²) in [5.74, 6) is 0.712. The predicted octanol–water partition coefficient (Wildman–Crippen LogP) is 0.882. The second-order valence-corrected chi connectivity index (χ2v) is 6.34. The summed E-state index contributed by atoms with van der Waals surface area (Å²) in [6, 6.07) is 7.59. The largest absolute Gasteiger partial charge is 0.497 e. The van der Waals surface area contributed by atoms with Crippen LogP contribution in [0.2, 0.25) is 0 Å². The molecule has 0 unspecified atom stereocenters. The van der Waals surface area contributed by atoms with Gasteiger partial charge < -0.3 is 19.7 Å². The molecule has 0 saturated carbocycles. The van der Waals surface area contributed by atoms with Crippen molar-refractivity contribution in [1.82, 2.24) is 15.1 Å². The molecule has 144 valence electrons. The summed E-state index contributed by atoms with van der Waals surface area (Å²) in [4.78, 5) is 27.9. The highest BCUT2D eigenvalue weighted by atomic mass is 16.5. The van der Waals surface area contributed by atoms with E-state index in [0.29, 0.717) is 26.1 Å². The first kappa shape index (κ1) is 20.2. The van der Waals surface area contributed by atoms with E-state index in [9.17, 15) is 9.59 Å². The number of carbonyl (C=O) groups excluding carboxylic acids is 2. The maximum absolute atomic E-state index is 12.0. The normalized spacial score (nSPS) is 14.7. The molecule has 0 bridgehead atoms. The third kappa shape index (κ3) is 7.01. The third-order valence-corrected chi connectivity index (χ3v) is 4.44. The Morgan fingerprint density at radius 3 is 2.54 bits per heavy atom. The van der Waals surface area contributed by atoms with Gasteiger partial charge in [-0.1, -0.05) is 12.1 Å². The molecule has 1 fully saturated rings. The van der Waals surface area contributed by atoms with E-state index >= 15 is 0 Å². The first-order chi connectivity index (χ1) is 12.6. The van der Waals surface area contributed by atoms with E-state index in [1.165, 1.54) is 6.92 Å². The molecule has 1 heterocycles. The lowest BCUT2D eigenvalue weighted by Gasteiger charge is -2.26. The number of amides is 2. The van der Waals surface area contributed by atoms with Gasteiger partial charge in [0.05, 0.1) is 20.3 Å². The number of morpholine rings is 1. The van der Waals surface area contributed by atoms with Gasteiger partial charge in [-0.15, -0.1) is 0 Å². The fourth-order valence-corrected chi connectivity index (χ4v) is 2.80. The number of hydrogen-bond donors (Lipinski definition) is 1. The molecule has 0 radical (unpaired) electrons. The second kappa shape index (κ2) is 10.8. The molecule has 1 saturated heterocycles. The van der Waals surface area contributed by atoms with E-state index in [-0.39, 0.29) is 11.8 Å². The maximum Gasteiger partial charge on any atom is 0.221 e. The highest BCUT2D eigenvalue weighted by molar-refractivity contribution is 5.78. The van der Waals surface area contributed by atoms with Gasteiger partial charge in [0.15, 0.2) is 0 Å². The Kier molecular flexibility index (Phi) is 8.37. The number of carbonyl (C=O) groups is 2. The van der Waals surface area contributed by atoms with E-state index in [2.05, 4.69) is 10.2 Å². The lowest BCUT2D eigenvalue weighted by atomic mass is 10.2. The highest BCUT2D eigenvalue weighted by Crippen LogP contribution is 2.13. The average Bonchev–Trinajstić information content (AvgIpc) is 2.66. The molecular formula is C19H29N3O4. The van der Waals surface area contributed by atoms with Crippen molar-refractivity contribution in [3.63, 3.8) is 0 Å². The second-order valence-electron chi connectivity index (χ2n) is 6.34. The minimum atomic E-state index is -0.0399. The highest BCUT2D eigenvalue weighted by Gasteiger charge is 2.13. The first-order valence-electron chi connectivity index (χ1n) is 9.03. The number of benzene rings is 1. The summed E-state index contributed by atoms with van der Waals surface area (Å²) >= 11 is 0. The zero-order valence-corrected chi connectivity index (χ0v) is 15.7. The lowest BCUT2D eigenvalue weighted by molar-refractivity contribution is -0.130. The number of hydrogen-bond acceptors (Lipinski definition) is 5. The molecule has 0 atom stereocenters. The van der Waals surface area contributed by atoms with Gasteiger partial charge in [0, 0.05) is 52.6 Å². The van der Waals surface area contributed by atoms with Crippen LogP contribution in [0.1, 0.15) is 18.9 Å². The molecule has 1 aliphatic heterocycles. The van der Waals surface area contributed by atoms with E-state index in [1.807, 2.05) is 24.3 Å². The Balaban J connectivity index is 1.70. The van der Waals surface area contributed by atoms with Crippen molar-refractivity contribution in [2.75, 3.05) is 53.0 Å². The zero-order chi connectivity index (χ0) is 18.8. The number of methoxy groups -OCH3 is 1. The molecule has 1 aromatic rings. The molecule has 2 amide bonds. The summed E-state index contributed by atoms with van der Waals surface area (Å²) < 4.78 is 10.4. The monoisotopic (exact) mass is 363 g/mol. The summed E-state index contributed by atoms with van der Waals surface area (Å²) in [6.45, 7) is 7.21. The topological polar surface area (TPSA) is 71.1 Å². The number of rotatable bonds is 9. The molecule has 7 heteroatoms. The SMILES string of the molecule is COc1ccc(CN(CCC(=O)NCCN2CCOCC2)C(C)=O)cc1. The quantitative estimate of drug-likeness (QED) is 0.705. The molecule has 0 spiro atoms.